The third-order valence-corrected chi connectivity index (χ3v) is 2.58. The van der Waals surface area contributed by atoms with Crippen LogP contribution in [0.5, 0.6) is 0 Å². The van der Waals surface area contributed by atoms with E-state index in [9.17, 15) is 0 Å². The molecule has 2 N–H and O–H groups in total. The zero-order valence-corrected chi connectivity index (χ0v) is 17.3. The van der Waals surface area contributed by atoms with E-state index in [1.165, 1.54) is 12.4 Å². The molecule has 144 valence electrons. The van der Waals surface area contributed by atoms with Crippen LogP contribution in [0, 0.1) is 16.7 Å². The van der Waals surface area contributed by atoms with Gasteiger partial charge in [0, 0.05) is 19.0 Å². The van der Waals surface area contributed by atoms with E-state index in [4.69, 9.17) is 43.7 Å². The molecule has 0 bridgehead atoms. The van der Waals surface area contributed by atoms with Crippen LogP contribution in [0.3, 0.4) is 0 Å². The summed E-state index contributed by atoms with van der Waals surface area (Å²) < 4.78 is 4.97. The van der Waals surface area contributed by atoms with Crippen molar-refractivity contribution >= 4 is 53.9 Å². The number of aliphatic hydroxyl groups excluding tert-OH is 1. The van der Waals surface area contributed by atoms with Gasteiger partial charge in [0.15, 0.2) is 0 Å². The van der Waals surface area contributed by atoms with Crippen LogP contribution in [0.15, 0.2) is 36.7 Å². The molecule has 0 fully saturated rings. The molecular formula is C16H20Cl4N4O2. The maximum absolute atomic E-state index is 8.30. The summed E-state index contributed by atoms with van der Waals surface area (Å²) in [6, 6.07) is 8.47. The molecule has 0 spiro atoms. The van der Waals surface area contributed by atoms with Gasteiger partial charge in [0.05, 0.1) is 17.7 Å². The minimum Gasteiger partial charge on any atom is -0.478 e. The molecule has 6 nitrogen and oxygen atoms in total. The summed E-state index contributed by atoms with van der Waals surface area (Å²) in [7, 11) is 0. The van der Waals surface area contributed by atoms with Gasteiger partial charge in [-0.05, 0) is 38.1 Å². The van der Waals surface area contributed by atoms with Crippen molar-refractivity contribution in [2.45, 2.75) is 13.8 Å². The average Bonchev–Trinajstić information content (AvgIpc) is 2.58. The summed E-state index contributed by atoms with van der Waals surface area (Å²) in [5.41, 5.74) is 1.17. The molecule has 0 saturated heterocycles. The van der Waals surface area contributed by atoms with Crippen LogP contribution in [-0.4, -0.2) is 34.2 Å². The predicted octanol–water partition coefficient (Wildman–Crippen LogP) is 4.55. The molecule has 0 aromatic carbocycles. The Kier molecular flexibility index (Phi) is 20.4. The Bertz CT molecular complexity index is 647. The van der Waals surface area contributed by atoms with Gasteiger partial charge in [-0.25, -0.2) is 9.97 Å². The summed E-state index contributed by atoms with van der Waals surface area (Å²) in [6.45, 7) is 4.25. The zero-order chi connectivity index (χ0) is 18.4. The molecule has 0 radical (unpaired) electrons. The molecule has 2 aromatic heterocycles. The fraction of sp³-hybridized carbons (Fsp3) is 0.250. The van der Waals surface area contributed by atoms with Crippen LogP contribution in [0.2, 0.25) is 10.3 Å². The molecular weight excluding hydrogens is 422 g/mol. The van der Waals surface area contributed by atoms with E-state index in [0.29, 0.717) is 28.0 Å². The van der Waals surface area contributed by atoms with Crippen LogP contribution in [0.4, 0.5) is 0 Å². The first-order valence-electron chi connectivity index (χ1n) is 6.94. The van der Waals surface area contributed by atoms with Gasteiger partial charge >= 0.3 is 0 Å². The van der Waals surface area contributed by atoms with E-state index >= 15 is 0 Å². The number of aliphatic hydroxyl groups is 1. The Morgan fingerprint density at radius 3 is 1.96 bits per heavy atom. The number of hydrogen-bond donors (Lipinski definition) is 2. The lowest BCUT2D eigenvalue weighted by Crippen LogP contribution is -2.04. The van der Waals surface area contributed by atoms with Crippen molar-refractivity contribution in [3.63, 3.8) is 0 Å². The van der Waals surface area contributed by atoms with Gasteiger partial charge in [0.25, 0.3) is 0 Å². The molecule has 2 heterocycles. The maximum Gasteiger partial charge on any atom is 0.214 e. The number of rotatable bonds is 2. The Hall–Kier alpha value is -1.62. The summed E-state index contributed by atoms with van der Waals surface area (Å²) in [5.74, 6) is 0.127. The summed E-state index contributed by atoms with van der Waals surface area (Å²) in [4.78, 5) is 7.52. The van der Waals surface area contributed by atoms with E-state index < -0.39 is 0 Å². The van der Waals surface area contributed by atoms with E-state index in [2.05, 4.69) is 9.97 Å². The number of pyridine rings is 2. The maximum atomic E-state index is 8.30. The third kappa shape index (κ3) is 13.6. The highest BCUT2D eigenvalue weighted by atomic mass is 35.5. The first kappa shape index (κ1) is 29.2. The van der Waals surface area contributed by atoms with E-state index in [0.717, 1.165) is 0 Å². The summed E-state index contributed by atoms with van der Waals surface area (Å²) in [6.07, 6.45) is 2.95. The van der Waals surface area contributed by atoms with Gasteiger partial charge in [-0.3, -0.25) is 5.41 Å². The largest absolute Gasteiger partial charge is 0.478 e. The van der Waals surface area contributed by atoms with Crippen LogP contribution in [0.25, 0.3) is 0 Å². The molecule has 0 aliphatic heterocycles. The first-order chi connectivity index (χ1) is 11.5. The van der Waals surface area contributed by atoms with Crippen molar-refractivity contribution in [1.82, 2.24) is 9.97 Å². The number of nitrogens with one attached hydrogen (secondary N) is 1. The molecule has 10 heteroatoms. The van der Waals surface area contributed by atoms with E-state index in [1.807, 2.05) is 13.0 Å². The fourth-order valence-corrected chi connectivity index (χ4v) is 1.40. The van der Waals surface area contributed by atoms with E-state index in [1.54, 1.807) is 31.2 Å². The Labute approximate surface area is 175 Å². The average molecular weight is 442 g/mol. The van der Waals surface area contributed by atoms with Gasteiger partial charge in [0.2, 0.25) is 5.90 Å². The second-order valence-corrected chi connectivity index (χ2v) is 4.70. The SMILES string of the molecule is CCO.CCOC(=N)c1ccc(Cl)nc1.Cl.Cl.N#Cc1ccc(Cl)nc1. The highest BCUT2D eigenvalue weighted by Crippen LogP contribution is 2.06. The molecule has 26 heavy (non-hydrogen) atoms. The monoisotopic (exact) mass is 440 g/mol. The summed E-state index contributed by atoms with van der Waals surface area (Å²) in [5, 5.41) is 24.1. The fourth-order valence-electron chi connectivity index (χ4n) is 1.18. The van der Waals surface area contributed by atoms with Gasteiger partial charge in [0.1, 0.15) is 16.4 Å². The number of aromatic nitrogens is 2. The topological polar surface area (TPSA) is 103 Å². The van der Waals surface area contributed by atoms with Crippen LogP contribution >= 0.6 is 48.0 Å². The predicted molar refractivity (Wildman–Crippen MR) is 109 cm³/mol. The second-order valence-electron chi connectivity index (χ2n) is 3.93. The molecule has 0 atom stereocenters. The minimum atomic E-state index is 0. The molecule has 0 saturated carbocycles. The highest BCUT2D eigenvalue weighted by molar-refractivity contribution is 6.29. The lowest BCUT2D eigenvalue weighted by Gasteiger charge is -2.03. The van der Waals surface area contributed by atoms with Crippen molar-refractivity contribution < 1.29 is 9.84 Å². The third-order valence-electron chi connectivity index (χ3n) is 2.13. The number of halogens is 4. The normalized spacial score (nSPS) is 8.00. The van der Waals surface area contributed by atoms with Crippen molar-refractivity contribution in [1.29, 1.82) is 10.7 Å². The molecule has 0 aliphatic carbocycles. The van der Waals surface area contributed by atoms with E-state index in [-0.39, 0.29) is 37.3 Å². The molecule has 2 rings (SSSR count). The number of nitriles is 1. The Morgan fingerprint density at radius 2 is 1.62 bits per heavy atom. The Balaban J connectivity index is -0.000000339. The van der Waals surface area contributed by atoms with Gasteiger partial charge < -0.3 is 9.84 Å². The molecule has 0 unspecified atom stereocenters. The number of hydrogen-bond acceptors (Lipinski definition) is 6. The van der Waals surface area contributed by atoms with Crippen molar-refractivity contribution in [3.05, 3.63) is 58.1 Å². The second kappa shape index (κ2) is 18.2. The highest BCUT2D eigenvalue weighted by Gasteiger charge is 2.00. The lowest BCUT2D eigenvalue weighted by molar-refractivity contribution is 0.318. The molecule has 0 aliphatic rings. The quantitative estimate of drug-likeness (QED) is 0.404. The number of nitrogens with zero attached hydrogens (tertiary/aromatic N) is 3. The van der Waals surface area contributed by atoms with Crippen molar-refractivity contribution in [2.24, 2.45) is 0 Å². The first-order valence-corrected chi connectivity index (χ1v) is 7.69. The van der Waals surface area contributed by atoms with Crippen molar-refractivity contribution in [3.8, 4) is 6.07 Å². The van der Waals surface area contributed by atoms with Gasteiger partial charge in [-0.15, -0.1) is 24.8 Å². The molecule has 0 amide bonds. The van der Waals surface area contributed by atoms with Gasteiger partial charge in [-0.1, -0.05) is 23.2 Å². The smallest absolute Gasteiger partial charge is 0.214 e. The van der Waals surface area contributed by atoms with Crippen LogP contribution in [-0.2, 0) is 4.74 Å². The number of ether oxygens (including phenoxy) is 1. The minimum absolute atomic E-state index is 0. The van der Waals surface area contributed by atoms with Gasteiger partial charge in [-0.2, -0.15) is 5.26 Å². The standard InChI is InChI=1S/C8H9ClN2O.C6H3ClN2.C2H6O.2ClH/c1-2-12-8(10)6-3-4-7(9)11-5-6;7-6-2-1-5(3-8)4-9-6;1-2-3;;/h3-5,10H,2H2,1H3;1-2,4H;3H,2H2,1H3;2*1H. The Morgan fingerprint density at radius 1 is 1.12 bits per heavy atom. The summed E-state index contributed by atoms with van der Waals surface area (Å²) >= 11 is 11.0. The zero-order valence-electron chi connectivity index (χ0n) is 14.1. The lowest BCUT2D eigenvalue weighted by atomic mass is 10.3. The van der Waals surface area contributed by atoms with Crippen LogP contribution in [0.1, 0.15) is 25.0 Å². The molecule has 2 aromatic rings. The van der Waals surface area contributed by atoms with Crippen molar-refractivity contribution in [2.75, 3.05) is 13.2 Å². The van der Waals surface area contributed by atoms with Crippen LogP contribution < -0.4 is 0 Å².